The van der Waals surface area contributed by atoms with Gasteiger partial charge in [0, 0.05) is 25.2 Å². The number of pyridine rings is 1. The van der Waals surface area contributed by atoms with Gasteiger partial charge in [-0.15, -0.1) is 0 Å². The molecule has 0 spiro atoms. The van der Waals surface area contributed by atoms with Gasteiger partial charge in [-0.25, -0.2) is 4.98 Å². The molecular formula is C18H18F3N3O2. The molecule has 0 aliphatic rings. The average Bonchev–Trinajstić information content (AvgIpc) is 2.60. The van der Waals surface area contributed by atoms with Crippen LogP contribution in [0.1, 0.15) is 27.8 Å². The molecule has 0 unspecified atom stereocenters. The number of alkyl halides is 3. The van der Waals surface area contributed by atoms with E-state index in [1.807, 2.05) is 5.32 Å². The molecule has 1 atom stereocenters. The zero-order chi connectivity index (χ0) is 19.5. The van der Waals surface area contributed by atoms with Crippen molar-refractivity contribution in [1.29, 1.82) is 0 Å². The smallest absolute Gasteiger partial charge is 0.343 e. The van der Waals surface area contributed by atoms with E-state index in [4.69, 9.17) is 0 Å². The van der Waals surface area contributed by atoms with E-state index in [0.717, 1.165) is 6.92 Å². The van der Waals surface area contributed by atoms with Gasteiger partial charge in [0.05, 0.1) is 5.69 Å². The summed E-state index contributed by atoms with van der Waals surface area (Å²) in [4.78, 5) is 29.7. The van der Waals surface area contributed by atoms with Gasteiger partial charge in [0.15, 0.2) is 0 Å². The molecule has 138 valence electrons. The second-order valence-corrected chi connectivity index (χ2v) is 5.93. The Balaban J connectivity index is 2.28. The van der Waals surface area contributed by atoms with Gasteiger partial charge < -0.3 is 10.2 Å². The number of nitrogens with one attached hydrogen (secondary N) is 1. The fraction of sp³-hybridized carbons (Fsp3) is 0.278. The molecule has 2 amide bonds. The Morgan fingerprint density at radius 1 is 1.12 bits per heavy atom. The third-order valence-corrected chi connectivity index (χ3v) is 3.63. The summed E-state index contributed by atoms with van der Waals surface area (Å²) in [5, 5.41) is 1.91. The highest BCUT2D eigenvalue weighted by Crippen LogP contribution is 2.22. The van der Waals surface area contributed by atoms with Gasteiger partial charge >= 0.3 is 6.18 Å². The van der Waals surface area contributed by atoms with Gasteiger partial charge in [0.25, 0.3) is 11.8 Å². The number of hydrogen-bond acceptors (Lipinski definition) is 3. The second-order valence-electron chi connectivity index (χ2n) is 5.93. The zero-order valence-electron chi connectivity index (χ0n) is 14.5. The SMILES string of the molecule is C[C@@H](NC(=O)c1cccc(-c2cccc(C(=O)N(C)C)n2)c1)C(F)(F)F. The molecule has 1 aromatic heterocycles. The number of carbonyl (C=O) groups is 2. The van der Waals surface area contributed by atoms with Crippen molar-refractivity contribution in [3.63, 3.8) is 0 Å². The molecule has 1 aromatic carbocycles. The van der Waals surface area contributed by atoms with Gasteiger partial charge in [-0.1, -0.05) is 18.2 Å². The van der Waals surface area contributed by atoms with Crippen molar-refractivity contribution in [2.75, 3.05) is 14.1 Å². The molecule has 0 aliphatic carbocycles. The van der Waals surface area contributed by atoms with Gasteiger partial charge in [0.1, 0.15) is 11.7 Å². The van der Waals surface area contributed by atoms with E-state index in [2.05, 4.69) is 4.98 Å². The number of rotatable bonds is 4. The summed E-state index contributed by atoms with van der Waals surface area (Å²) < 4.78 is 37.8. The Morgan fingerprint density at radius 3 is 2.38 bits per heavy atom. The third-order valence-electron chi connectivity index (χ3n) is 3.63. The Labute approximate surface area is 148 Å². The Kier molecular flexibility index (Phi) is 5.64. The number of carbonyl (C=O) groups excluding carboxylic acids is 2. The molecule has 26 heavy (non-hydrogen) atoms. The molecule has 1 N–H and O–H groups in total. The number of amides is 2. The van der Waals surface area contributed by atoms with Crippen molar-refractivity contribution in [2.24, 2.45) is 0 Å². The maximum atomic E-state index is 12.6. The first-order valence-corrected chi connectivity index (χ1v) is 7.76. The molecule has 0 saturated carbocycles. The summed E-state index contributed by atoms with van der Waals surface area (Å²) in [7, 11) is 3.20. The van der Waals surface area contributed by atoms with Crippen molar-refractivity contribution in [3.8, 4) is 11.3 Å². The predicted octanol–water partition coefficient (Wildman–Crippen LogP) is 3.13. The first kappa shape index (κ1) is 19.4. The summed E-state index contributed by atoms with van der Waals surface area (Å²) in [6, 6.07) is 8.97. The largest absolute Gasteiger partial charge is 0.408 e. The molecule has 2 rings (SSSR count). The van der Waals surface area contributed by atoms with Crippen LogP contribution >= 0.6 is 0 Å². The highest BCUT2D eigenvalue weighted by molar-refractivity contribution is 5.96. The normalized spacial score (nSPS) is 12.4. The standard InChI is InChI=1S/C18H18F3N3O2/c1-11(18(19,20)21)22-16(25)13-7-4-6-12(10-13)14-8-5-9-15(23-14)17(26)24(2)3/h4-11H,1-3H3,(H,22,25)/t11-/m1/s1. The highest BCUT2D eigenvalue weighted by atomic mass is 19.4. The second kappa shape index (κ2) is 7.55. The van der Waals surface area contributed by atoms with Crippen molar-refractivity contribution >= 4 is 11.8 Å². The Morgan fingerprint density at radius 2 is 1.77 bits per heavy atom. The molecule has 2 aromatic rings. The lowest BCUT2D eigenvalue weighted by Crippen LogP contribution is -2.43. The van der Waals surface area contributed by atoms with E-state index in [9.17, 15) is 22.8 Å². The van der Waals surface area contributed by atoms with Crippen LogP contribution in [0.4, 0.5) is 13.2 Å². The van der Waals surface area contributed by atoms with Crippen LogP contribution < -0.4 is 5.32 Å². The number of aromatic nitrogens is 1. The number of benzene rings is 1. The lowest BCUT2D eigenvalue weighted by molar-refractivity contribution is -0.149. The van der Waals surface area contributed by atoms with Gasteiger partial charge in [0.2, 0.25) is 0 Å². The molecule has 1 heterocycles. The van der Waals surface area contributed by atoms with Crippen LogP contribution in [0.15, 0.2) is 42.5 Å². The highest BCUT2D eigenvalue weighted by Gasteiger charge is 2.37. The van der Waals surface area contributed by atoms with Crippen LogP contribution in [0, 0.1) is 0 Å². The maximum absolute atomic E-state index is 12.6. The van der Waals surface area contributed by atoms with Crippen LogP contribution in [0.2, 0.25) is 0 Å². The number of hydrogen-bond donors (Lipinski definition) is 1. The Hall–Kier alpha value is -2.90. The fourth-order valence-electron chi connectivity index (χ4n) is 2.13. The monoisotopic (exact) mass is 365 g/mol. The predicted molar refractivity (Wildman–Crippen MR) is 90.7 cm³/mol. The van der Waals surface area contributed by atoms with Crippen LogP contribution in [0.5, 0.6) is 0 Å². The van der Waals surface area contributed by atoms with Crippen LogP contribution in [-0.4, -0.2) is 48.0 Å². The maximum Gasteiger partial charge on any atom is 0.408 e. The number of nitrogens with zero attached hydrogens (tertiary/aromatic N) is 2. The van der Waals surface area contributed by atoms with Crippen LogP contribution in [-0.2, 0) is 0 Å². The summed E-state index contributed by atoms with van der Waals surface area (Å²) in [5.74, 6) is -1.11. The first-order chi connectivity index (χ1) is 12.1. The molecule has 0 bridgehead atoms. The molecule has 8 heteroatoms. The average molecular weight is 365 g/mol. The van der Waals surface area contributed by atoms with Crippen molar-refractivity contribution in [3.05, 3.63) is 53.7 Å². The van der Waals surface area contributed by atoms with Gasteiger partial charge in [-0.05, 0) is 31.2 Å². The lowest BCUT2D eigenvalue weighted by atomic mass is 10.1. The summed E-state index contributed by atoms with van der Waals surface area (Å²) >= 11 is 0. The summed E-state index contributed by atoms with van der Waals surface area (Å²) in [5.41, 5.74) is 1.26. The molecule has 0 fully saturated rings. The van der Waals surface area contributed by atoms with Crippen molar-refractivity contribution in [1.82, 2.24) is 15.2 Å². The molecule has 0 radical (unpaired) electrons. The topological polar surface area (TPSA) is 62.3 Å². The molecular weight excluding hydrogens is 347 g/mol. The van der Waals surface area contributed by atoms with E-state index in [0.29, 0.717) is 11.3 Å². The summed E-state index contributed by atoms with van der Waals surface area (Å²) in [6.07, 6.45) is -4.52. The minimum Gasteiger partial charge on any atom is -0.343 e. The fourth-order valence-corrected chi connectivity index (χ4v) is 2.13. The van der Waals surface area contributed by atoms with Crippen molar-refractivity contribution < 1.29 is 22.8 Å². The van der Waals surface area contributed by atoms with E-state index in [-0.39, 0.29) is 17.2 Å². The van der Waals surface area contributed by atoms with Crippen LogP contribution in [0.25, 0.3) is 11.3 Å². The van der Waals surface area contributed by atoms with E-state index >= 15 is 0 Å². The van der Waals surface area contributed by atoms with E-state index in [1.165, 1.54) is 17.0 Å². The van der Waals surface area contributed by atoms with Gasteiger partial charge in [-0.3, -0.25) is 9.59 Å². The molecule has 0 saturated heterocycles. The Bertz CT molecular complexity index is 819. The van der Waals surface area contributed by atoms with E-state index < -0.39 is 18.1 Å². The minimum atomic E-state index is -4.52. The quantitative estimate of drug-likeness (QED) is 0.906. The molecule has 0 aliphatic heterocycles. The van der Waals surface area contributed by atoms with E-state index in [1.54, 1.807) is 44.4 Å². The number of halogens is 3. The van der Waals surface area contributed by atoms with Crippen molar-refractivity contribution in [2.45, 2.75) is 19.1 Å². The molecule has 5 nitrogen and oxygen atoms in total. The third kappa shape index (κ3) is 4.59. The summed E-state index contributed by atoms with van der Waals surface area (Å²) in [6.45, 7) is 0.875. The first-order valence-electron chi connectivity index (χ1n) is 7.76. The lowest BCUT2D eigenvalue weighted by Gasteiger charge is -2.17. The van der Waals surface area contributed by atoms with Crippen LogP contribution in [0.3, 0.4) is 0 Å². The van der Waals surface area contributed by atoms with Gasteiger partial charge in [-0.2, -0.15) is 13.2 Å². The zero-order valence-corrected chi connectivity index (χ0v) is 14.5. The minimum absolute atomic E-state index is 0.0738.